The summed E-state index contributed by atoms with van der Waals surface area (Å²) in [7, 11) is 0.296. The summed E-state index contributed by atoms with van der Waals surface area (Å²) in [6, 6.07) is 52.2. The van der Waals surface area contributed by atoms with Gasteiger partial charge in [0, 0.05) is 34.1 Å². The number of para-hydroxylation sites is 2. The van der Waals surface area contributed by atoms with Crippen LogP contribution >= 0.6 is 0 Å². The standard InChI is InChI=1S/C52H54N6O2S/c1-53-37-39-55(41-53)35-11-9-13-43-19-23-47(24-20-43)57(45-15-5-3-6-16-45)49-27-31-51(32-28-49)61(59,60)52-33-29-50(30-34-52)58(46-17-7-4-8-18-46)48-25-21-44(22-26-48)14-10-12-36-56-40-38-54(2)42-56/h3-8,15-34,37-42H,9-14,35-36H2,1-2H3/q+2. The van der Waals surface area contributed by atoms with E-state index in [2.05, 4.69) is 138 Å². The highest BCUT2D eigenvalue weighted by molar-refractivity contribution is 7.91. The Morgan fingerprint density at radius 1 is 0.426 bits per heavy atom. The van der Waals surface area contributed by atoms with E-state index in [1.165, 1.54) is 11.1 Å². The molecule has 0 spiro atoms. The van der Waals surface area contributed by atoms with E-state index in [1.54, 1.807) is 24.3 Å². The number of rotatable bonds is 18. The van der Waals surface area contributed by atoms with Crippen molar-refractivity contribution in [3.63, 3.8) is 0 Å². The molecule has 0 saturated heterocycles. The van der Waals surface area contributed by atoms with E-state index in [1.807, 2.05) is 74.8 Å². The lowest BCUT2D eigenvalue weighted by Crippen LogP contribution is -2.23. The van der Waals surface area contributed by atoms with Gasteiger partial charge in [-0.2, -0.15) is 0 Å². The lowest BCUT2D eigenvalue weighted by molar-refractivity contribution is -0.671. The molecular weight excluding hydrogens is 773 g/mol. The summed E-state index contributed by atoms with van der Waals surface area (Å²) in [5.74, 6) is 0. The molecule has 2 heterocycles. The molecule has 0 saturated carbocycles. The summed E-state index contributed by atoms with van der Waals surface area (Å²) < 4.78 is 36.8. The highest BCUT2D eigenvalue weighted by atomic mass is 32.2. The molecule has 0 amide bonds. The van der Waals surface area contributed by atoms with E-state index in [4.69, 9.17) is 0 Å². The largest absolute Gasteiger partial charge is 0.311 e. The zero-order chi connectivity index (χ0) is 42.0. The van der Waals surface area contributed by atoms with Gasteiger partial charge in [-0.05, 0) is 147 Å². The molecule has 9 heteroatoms. The molecule has 61 heavy (non-hydrogen) atoms. The van der Waals surface area contributed by atoms with Crippen LogP contribution in [-0.2, 0) is 49.9 Å². The van der Waals surface area contributed by atoms with E-state index in [9.17, 15) is 8.42 Å². The number of nitrogens with zero attached hydrogens (tertiary/aromatic N) is 6. The molecule has 0 radical (unpaired) electrons. The summed E-state index contributed by atoms with van der Waals surface area (Å²) in [6.07, 6.45) is 19.1. The zero-order valence-electron chi connectivity index (χ0n) is 35.0. The second-order valence-electron chi connectivity index (χ2n) is 15.7. The van der Waals surface area contributed by atoms with Gasteiger partial charge in [0.2, 0.25) is 22.5 Å². The number of anilines is 6. The van der Waals surface area contributed by atoms with Crippen molar-refractivity contribution in [1.82, 2.24) is 9.13 Å². The van der Waals surface area contributed by atoms with Gasteiger partial charge in [-0.1, -0.05) is 60.7 Å². The predicted octanol–water partition coefficient (Wildman–Crippen LogP) is 10.8. The van der Waals surface area contributed by atoms with Gasteiger partial charge in [-0.25, -0.2) is 26.7 Å². The lowest BCUT2D eigenvalue weighted by Gasteiger charge is -2.26. The van der Waals surface area contributed by atoms with Crippen LogP contribution in [0.4, 0.5) is 34.1 Å². The van der Waals surface area contributed by atoms with Gasteiger partial charge in [0.05, 0.1) is 37.0 Å². The first-order valence-electron chi connectivity index (χ1n) is 21.2. The van der Waals surface area contributed by atoms with Gasteiger partial charge in [-0.15, -0.1) is 0 Å². The van der Waals surface area contributed by atoms with Crippen LogP contribution in [-0.4, -0.2) is 17.6 Å². The fourth-order valence-electron chi connectivity index (χ4n) is 7.87. The van der Waals surface area contributed by atoms with Crippen LogP contribution in [0.15, 0.2) is 205 Å². The van der Waals surface area contributed by atoms with Crippen LogP contribution in [0.3, 0.4) is 0 Å². The Labute approximate surface area is 360 Å². The highest BCUT2D eigenvalue weighted by Crippen LogP contribution is 2.38. The third-order valence-electron chi connectivity index (χ3n) is 11.1. The Hall–Kier alpha value is -6.71. The summed E-state index contributed by atoms with van der Waals surface area (Å²) in [5, 5.41) is 0. The molecule has 0 aliphatic heterocycles. The number of benzene rings is 6. The number of aryl methyl sites for hydroxylation is 6. The minimum Gasteiger partial charge on any atom is -0.311 e. The number of hydrogen-bond donors (Lipinski definition) is 0. The number of aromatic nitrogens is 4. The van der Waals surface area contributed by atoms with Crippen LogP contribution < -0.4 is 18.9 Å². The van der Waals surface area contributed by atoms with Crippen molar-refractivity contribution in [3.05, 3.63) is 206 Å². The van der Waals surface area contributed by atoms with Crippen LogP contribution in [0.5, 0.6) is 0 Å². The number of sulfone groups is 1. The van der Waals surface area contributed by atoms with E-state index in [-0.39, 0.29) is 9.79 Å². The number of imidazole rings is 2. The third-order valence-corrected chi connectivity index (χ3v) is 12.9. The van der Waals surface area contributed by atoms with E-state index >= 15 is 0 Å². The van der Waals surface area contributed by atoms with Crippen molar-refractivity contribution in [1.29, 1.82) is 0 Å². The lowest BCUT2D eigenvalue weighted by atomic mass is 10.1. The number of unbranched alkanes of at least 4 members (excludes halogenated alkanes) is 2. The fourth-order valence-corrected chi connectivity index (χ4v) is 9.13. The quantitative estimate of drug-likeness (QED) is 0.0639. The SMILES string of the molecule is C[n+]1ccn(CCCCc2ccc(N(c3ccccc3)c3ccc(S(=O)(=O)c4ccc(N(c5ccccc5)c5ccc(CCCCn6cc[n+](C)c6)cc5)cc4)cc3)cc2)c1. The summed E-state index contributed by atoms with van der Waals surface area (Å²) in [6.45, 7) is 2.02. The van der Waals surface area contributed by atoms with E-state index in [0.717, 1.165) is 85.7 Å². The first-order chi connectivity index (χ1) is 29.8. The van der Waals surface area contributed by atoms with Crippen LogP contribution in [0.2, 0.25) is 0 Å². The molecule has 0 aliphatic carbocycles. The Morgan fingerprint density at radius 3 is 1.08 bits per heavy atom. The second-order valence-corrected chi connectivity index (χ2v) is 17.7. The summed E-state index contributed by atoms with van der Waals surface area (Å²) in [4.78, 5) is 4.83. The average molecular weight is 827 g/mol. The van der Waals surface area contributed by atoms with E-state index < -0.39 is 9.84 Å². The Bertz CT molecular complexity index is 2530. The van der Waals surface area contributed by atoms with Crippen molar-refractivity contribution < 1.29 is 17.6 Å². The molecule has 2 aromatic heterocycles. The molecule has 0 aliphatic rings. The van der Waals surface area contributed by atoms with Crippen molar-refractivity contribution in [3.8, 4) is 0 Å². The van der Waals surface area contributed by atoms with Gasteiger partial charge in [-0.3, -0.25) is 0 Å². The summed E-state index contributed by atoms with van der Waals surface area (Å²) >= 11 is 0. The van der Waals surface area contributed by atoms with Gasteiger partial charge >= 0.3 is 0 Å². The molecule has 0 fully saturated rings. The third kappa shape index (κ3) is 10.2. The van der Waals surface area contributed by atoms with Gasteiger partial charge < -0.3 is 9.80 Å². The monoisotopic (exact) mass is 826 g/mol. The smallest absolute Gasteiger partial charge is 0.243 e. The molecule has 8 aromatic rings. The molecule has 6 aromatic carbocycles. The Morgan fingerprint density at radius 2 is 0.754 bits per heavy atom. The first-order valence-corrected chi connectivity index (χ1v) is 22.6. The predicted molar refractivity (Wildman–Crippen MR) is 245 cm³/mol. The Kier molecular flexibility index (Phi) is 12.9. The molecule has 0 atom stereocenters. The molecule has 0 unspecified atom stereocenters. The minimum atomic E-state index is -3.79. The van der Waals surface area contributed by atoms with Crippen molar-refractivity contribution in [2.75, 3.05) is 9.80 Å². The fraction of sp³-hybridized carbons (Fsp3) is 0.192. The van der Waals surface area contributed by atoms with Crippen LogP contribution in [0.25, 0.3) is 0 Å². The molecule has 308 valence electrons. The zero-order valence-corrected chi connectivity index (χ0v) is 35.9. The highest BCUT2D eigenvalue weighted by Gasteiger charge is 2.21. The van der Waals surface area contributed by atoms with E-state index in [0.29, 0.717) is 0 Å². The maximum Gasteiger partial charge on any atom is 0.243 e. The molecule has 0 N–H and O–H groups in total. The van der Waals surface area contributed by atoms with Gasteiger partial charge in [0.25, 0.3) is 0 Å². The number of hydrogen-bond acceptors (Lipinski definition) is 4. The van der Waals surface area contributed by atoms with Crippen molar-refractivity contribution in [2.24, 2.45) is 14.1 Å². The summed E-state index contributed by atoms with van der Waals surface area (Å²) in [5.41, 5.74) is 8.37. The molecule has 8 rings (SSSR count). The topological polar surface area (TPSA) is 58.2 Å². The first kappa shape index (κ1) is 41.0. The molecular formula is C52H54N6O2S+2. The van der Waals surface area contributed by atoms with Crippen LogP contribution in [0, 0.1) is 0 Å². The normalized spacial score (nSPS) is 11.4. The molecule has 8 nitrogen and oxygen atoms in total. The second kappa shape index (κ2) is 19.1. The van der Waals surface area contributed by atoms with Crippen LogP contribution in [0.1, 0.15) is 36.8 Å². The molecule has 0 bridgehead atoms. The van der Waals surface area contributed by atoms with Gasteiger partial charge in [0.15, 0.2) is 0 Å². The maximum absolute atomic E-state index is 14.1. The minimum absolute atomic E-state index is 0.249. The van der Waals surface area contributed by atoms with Crippen molar-refractivity contribution >= 4 is 44.0 Å². The Balaban J connectivity index is 0.958. The maximum atomic E-state index is 14.1. The van der Waals surface area contributed by atoms with Crippen molar-refractivity contribution in [2.45, 2.75) is 61.4 Å². The average Bonchev–Trinajstić information content (AvgIpc) is 3.92. The van der Waals surface area contributed by atoms with Gasteiger partial charge in [0.1, 0.15) is 24.8 Å².